The van der Waals surface area contributed by atoms with E-state index in [0.717, 1.165) is 25.3 Å². The van der Waals surface area contributed by atoms with E-state index in [1.807, 2.05) is 0 Å². The average molecular weight is 249 g/mol. The van der Waals surface area contributed by atoms with Crippen LogP contribution in [0.2, 0.25) is 0 Å². The maximum atomic E-state index is 5.56. The predicted molar refractivity (Wildman–Crippen MR) is 78.5 cm³/mol. The van der Waals surface area contributed by atoms with Gasteiger partial charge in [0.25, 0.3) is 0 Å². The summed E-state index contributed by atoms with van der Waals surface area (Å²) in [6, 6.07) is 4.40. The lowest BCUT2D eigenvalue weighted by atomic mass is 9.96. The second kappa shape index (κ2) is 7.42. The molecule has 18 heavy (non-hydrogen) atoms. The van der Waals surface area contributed by atoms with Crippen LogP contribution >= 0.6 is 0 Å². The summed E-state index contributed by atoms with van der Waals surface area (Å²) in [5, 5.41) is 3.48. The Morgan fingerprint density at radius 2 is 2.00 bits per heavy atom. The van der Waals surface area contributed by atoms with Gasteiger partial charge >= 0.3 is 0 Å². The number of rotatable bonds is 7. The minimum absolute atomic E-state index is 0.632. The van der Waals surface area contributed by atoms with Crippen molar-refractivity contribution in [3.8, 4) is 5.75 Å². The molecule has 0 aromatic heterocycles. The Hall–Kier alpha value is -1.02. The molecule has 1 rings (SSSR count). The molecule has 2 heteroatoms. The molecule has 0 aliphatic rings. The van der Waals surface area contributed by atoms with Crippen LogP contribution in [0.1, 0.15) is 37.0 Å². The van der Waals surface area contributed by atoms with Crippen LogP contribution in [-0.2, 0) is 6.42 Å². The van der Waals surface area contributed by atoms with E-state index in [-0.39, 0.29) is 0 Å². The van der Waals surface area contributed by atoms with Gasteiger partial charge in [0, 0.05) is 0 Å². The van der Waals surface area contributed by atoms with Crippen LogP contribution < -0.4 is 10.1 Å². The molecule has 0 aliphatic heterocycles. The average Bonchev–Trinajstić information content (AvgIpc) is 2.35. The predicted octanol–water partition coefficient (Wildman–Crippen LogP) is 3.49. The van der Waals surface area contributed by atoms with E-state index in [2.05, 4.69) is 45.1 Å². The monoisotopic (exact) mass is 249 g/mol. The number of ether oxygens (including phenoxy) is 1. The molecule has 0 heterocycles. The van der Waals surface area contributed by atoms with Gasteiger partial charge in [-0.3, -0.25) is 0 Å². The Bertz CT molecular complexity index is 374. The fraction of sp³-hybridized carbons (Fsp3) is 0.625. The zero-order valence-electron chi connectivity index (χ0n) is 12.5. The van der Waals surface area contributed by atoms with E-state index in [1.54, 1.807) is 7.11 Å². The fourth-order valence-electron chi connectivity index (χ4n) is 2.26. The lowest BCUT2D eigenvalue weighted by Gasteiger charge is -2.17. The first-order valence-corrected chi connectivity index (χ1v) is 6.93. The summed E-state index contributed by atoms with van der Waals surface area (Å²) in [6.45, 7) is 10.9. The van der Waals surface area contributed by atoms with Crippen LogP contribution in [0.4, 0.5) is 0 Å². The molecule has 1 atom stereocenters. The molecule has 0 aliphatic carbocycles. The van der Waals surface area contributed by atoms with Gasteiger partial charge in [0.1, 0.15) is 5.75 Å². The summed E-state index contributed by atoms with van der Waals surface area (Å²) in [5.41, 5.74) is 3.89. The Kier molecular flexibility index (Phi) is 6.20. The minimum Gasteiger partial charge on any atom is -0.496 e. The van der Waals surface area contributed by atoms with Crippen molar-refractivity contribution in [1.29, 1.82) is 0 Å². The van der Waals surface area contributed by atoms with Gasteiger partial charge in [-0.25, -0.2) is 0 Å². The highest BCUT2D eigenvalue weighted by Gasteiger charge is 2.11. The van der Waals surface area contributed by atoms with Crippen molar-refractivity contribution < 1.29 is 4.74 Å². The molecule has 0 bridgehead atoms. The number of hydrogen-bond donors (Lipinski definition) is 1. The second-order valence-corrected chi connectivity index (χ2v) is 5.21. The lowest BCUT2D eigenvalue weighted by Crippen LogP contribution is -2.23. The first-order chi connectivity index (χ1) is 8.60. The van der Waals surface area contributed by atoms with E-state index in [4.69, 9.17) is 4.74 Å². The molecule has 102 valence electrons. The second-order valence-electron chi connectivity index (χ2n) is 5.21. The van der Waals surface area contributed by atoms with Gasteiger partial charge in [-0.2, -0.15) is 0 Å². The third kappa shape index (κ3) is 4.02. The number of methoxy groups -OCH3 is 1. The number of benzene rings is 1. The molecule has 0 radical (unpaired) electrons. The number of nitrogens with one attached hydrogen (secondary N) is 1. The Labute approximate surface area is 112 Å². The molecule has 1 aromatic rings. The third-order valence-corrected chi connectivity index (χ3v) is 3.45. The maximum absolute atomic E-state index is 5.56. The molecular formula is C16H27NO. The molecule has 0 spiro atoms. The standard InChI is InChI=1S/C16H27NO/c1-6-9-17-11-12(2)10-15-8-7-13(3)14(4)16(15)18-5/h7-8,12,17H,6,9-11H2,1-5H3. The highest BCUT2D eigenvalue weighted by atomic mass is 16.5. The van der Waals surface area contributed by atoms with Crippen molar-refractivity contribution in [3.63, 3.8) is 0 Å². The van der Waals surface area contributed by atoms with Gasteiger partial charge in [-0.05, 0) is 62.4 Å². The van der Waals surface area contributed by atoms with Crippen LogP contribution in [0.3, 0.4) is 0 Å². The molecule has 1 unspecified atom stereocenters. The summed E-state index contributed by atoms with van der Waals surface area (Å²) in [7, 11) is 1.77. The van der Waals surface area contributed by atoms with Crippen LogP contribution in [0, 0.1) is 19.8 Å². The zero-order chi connectivity index (χ0) is 13.5. The van der Waals surface area contributed by atoms with E-state index >= 15 is 0 Å². The van der Waals surface area contributed by atoms with Crippen molar-refractivity contribution in [2.75, 3.05) is 20.2 Å². The summed E-state index contributed by atoms with van der Waals surface area (Å²) < 4.78 is 5.56. The van der Waals surface area contributed by atoms with Gasteiger partial charge in [0.15, 0.2) is 0 Å². The van der Waals surface area contributed by atoms with Crippen molar-refractivity contribution >= 4 is 0 Å². The molecule has 1 aromatic carbocycles. The number of hydrogen-bond acceptors (Lipinski definition) is 2. The van der Waals surface area contributed by atoms with Crippen LogP contribution in [0.25, 0.3) is 0 Å². The van der Waals surface area contributed by atoms with Gasteiger partial charge in [-0.1, -0.05) is 26.0 Å². The molecule has 2 nitrogen and oxygen atoms in total. The summed E-state index contributed by atoms with van der Waals surface area (Å²) >= 11 is 0. The SMILES string of the molecule is CCCNCC(C)Cc1ccc(C)c(C)c1OC. The van der Waals surface area contributed by atoms with Crippen LogP contribution in [-0.4, -0.2) is 20.2 Å². The van der Waals surface area contributed by atoms with E-state index in [0.29, 0.717) is 5.92 Å². The molecule has 1 N–H and O–H groups in total. The van der Waals surface area contributed by atoms with Crippen molar-refractivity contribution in [2.24, 2.45) is 5.92 Å². The number of aryl methyl sites for hydroxylation is 1. The van der Waals surface area contributed by atoms with E-state index in [9.17, 15) is 0 Å². The Balaban J connectivity index is 2.69. The zero-order valence-corrected chi connectivity index (χ0v) is 12.5. The Morgan fingerprint density at radius 3 is 2.61 bits per heavy atom. The maximum Gasteiger partial charge on any atom is 0.125 e. The highest BCUT2D eigenvalue weighted by Crippen LogP contribution is 2.27. The fourth-order valence-corrected chi connectivity index (χ4v) is 2.26. The molecule has 0 saturated heterocycles. The highest BCUT2D eigenvalue weighted by molar-refractivity contribution is 5.45. The normalized spacial score (nSPS) is 12.5. The van der Waals surface area contributed by atoms with Gasteiger partial charge in [0.2, 0.25) is 0 Å². The van der Waals surface area contributed by atoms with E-state index < -0.39 is 0 Å². The van der Waals surface area contributed by atoms with Crippen LogP contribution in [0.15, 0.2) is 12.1 Å². The lowest BCUT2D eigenvalue weighted by molar-refractivity contribution is 0.400. The topological polar surface area (TPSA) is 21.3 Å². The smallest absolute Gasteiger partial charge is 0.125 e. The van der Waals surface area contributed by atoms with Gasteiger partial charge < -0.3 is 10.1 Å². The van der Waals surface area contributed by atoms with Crippen molar-refractivity contribution in [2.45, 2.75) is 40.5 Å². The summed E-state index contributed by atoms with van der Waals surface area (Å²) in [5.74, 6) is 1.70. The Morgan fingerprint density at radius 1 is 1.28 bits per heavy atom. The van der Waals surface area contributed by atoms with E-state index in [1.165, 1.54) is 23.1 Å². The van der Waals surface area contributed by atoms with Crippen molar-refractivity contribution in [1.82, 2.24) is 5.32 Å². The van der Waals surface area contributed by atoms with Crippen LogP contribution in [0.5, 0.6) is 5.75 Å². The molecule has 0 fully saturated rings. The quantitative estimate of drug-likeness (QED) is 0.747. The molecule has 0 saturated carbocycles. The summed E-state index contributed by atoms with van der Waals surface area (Å²) in [4.78, 5) is 0. The molecule has 0 amide bonds. The largest absolute Gasteiger partial charge is 0.496 e. The third-order valence-electron chi connectivity index (χ3n) is 3.45. The summed E-state index contributed by atoms with van der Waals surface area (Å²) in [6.07, 6.45) is 2.26. The van der Waals surface area contributed by atoms with Gasteiger partial charge in [-0.15, -0.1) is 0 Å². The first kappa shape index (κ1) is 15.0. The molecular weight excluding hydrogens is 222 g/mol. The van der Waals surface area contributed by atoms with Gasteiger partial charge in [0.05, 0.1) is 7.11 Å². The minimum atomic E-state index is 0.632. The van der Waals surface area contributed by atoms with Crippen molar-refractivity contribution in [3.05, 3.63) is 28.8 Å². The first-order valence-electron chi connectivity index (χ1n) is 6.93.